The lowest BCUT2D eigenvalue weighted by Gasteiger charge is -2.30. The third kappa shape index (κ3) is 4.81. The Hall–Kier alpha value is -3.12. The van der Waals surface area contributed by atoms with Crippen LogP contribution in [0.5, 0.6) is 0 Å². The summed E-state index contributed by atoms with van der Waals surface area (Å²) in [5.74, 6) is 1.54. The molecule has 5 nitrogen and oxygen atoms in total. The molecular weight excluding hydrogens is 415 g/mol. The highest BCUT2D eigenvalue weighted by Crippen LogP contribution is 2.33. The lowest BCUT2D eigenvalue weighted by atomic mass is 10.0. The van der Waals surface area contributed by atoms with Gasteiger partial charge in [0, 0.05) is 36.7 Å². The molecule has 0 N–H and O–H groups in total. The van der Waals surface area contributed by atoms with Crippen LogP contribution < -0.4 is 4.90 Å². The number of likely N-dealkylation sites (tertiary alicyclic amines) is 1. The van der Waals surface area contributed by atoms with Crippen LogP contribution in [0, 0.1) is 12.7 Å². The molecule has 0 saturated carbocycles. The Balaban J connectivity index is 1.34. The van der Waals surface area contributed by atoms with E-state index >= 15 is 0 Å². The van der Waals surface area contributed by atoms with E-state index in [1.807, 2.05) is 19.1 Å². The number of nitrogens with zero attached hydrogens (tertiary/aromatic N) is 4. The number of rotatable bonds is 6. The topological polar surface area (TPSA) is 49.3 Å². The van der Waals surface area contributed by atoms with Crippen molar-refractivity contribution in [1.29, 1.82) is 0 Å². The summed E-state index contributed by atoms with van der Waals surface area (Å²) in [5.41, 5.74) is 4.11. The fourth-order valence-corrected chi connectivity index (χ4v) is 4.94. The molecule has 1 aromatic heterocycles. The number of carbonyl (C=O) groups is 1. The number of aromatic nitrogens is 2. The third-order valence-electron chi connectivity index (χ3n) is 6.78. The molecule has 0 bridgehead atoms. The van der Waals surface area contributed by atoms with E-state index in [0.717, 1.165) is 55.1 Å². The molecule has 0 spiro atoms. The van der Waals surface area contributed by atoms with Gasteiger partial charge in [-0.25, -0.2) is 14.4 Å². The Morgan fingerprint density at radius 2 is 1.85 bits per heavy atom. The zero-order valence-corrected chi connectivity index (χ0v) is 19.0. The van der Waals surface area contributed by atoms with Crippen LogP contribution in [0.3, 0.4) is 0 Å². The molecule has 0 aliphatic carbocycles. The van der Waals surface area contributed by atoms with E-state index in [4.69, 9.17) is 9.97 Å². The number of halogens is 1. The van der Waals surface area contributed by atoms with Crippen molar-refractivity contribution in [1.82, 2.24) is 14.9 Å². The minimum atomic E-state index is -0.293. The van der Waals surface area contributed by atoms with E-state index in [1.54, 1.807) is 11.0 Å². The second-order valence-electron chi connectivity index (χ2n) is 9.10. The number of hydrogen-bond donors (Lipinski definition) is 0. The zero-order chi connectivity index (χ0) is 22.8. The van der Waals surface area contributed by atoms with Gasteiger partial charge in [-0.05, 0) is 56.0 Å². The number of aryl methyl sites for hydroxylation is 1. The van der Waals surface area contributed by atoms with Crippen molar-refractivity contribution in [2.24, 2.45) is 0 Å². The number of anilines is 1. The predicted octanol–water partition coefficient (Wildman–Crippen LogP) is 4.44. The van der Waals surface area contributed by atoms with Crippen molar-refractivity contribution in [3.63, 3.8) is 0 Å². The van der Waals surface area contributed by atoms with Crippen LogP contribution in [0.15, 0.2) is 54.6 Å². The highest BCUT2D eigenvalue weighted by molar-refractivity contribution is 5.95. The normalized spacial score (nSPS) is 18.5. The molecule has 5 rings (SSSR count). The summed E-state index contributed by atoms with van der Waals surface area (Å²) >= 11 is 0. The van der Waals surface area contributed by atoms with Gasteiger partial charge in [-0.15, -0.1) is 0 Å². The summed E-state index contributed by atoms with van der Waals surface area (Å²) in [6, 6.07) is 17.0. The molecule has 2 aliphatic heterocycles. The first-order valence-electron chi connectivity index (χ1n) is 11.8. The SMILES string of the molecule is Cc1nc(C2CCN(CCc3ccccc3)C2)nc2c1CCC(=O)N2Cc1cccc(F)c1. The monoisotopic (exact) mass is 444 g/mol. The second kappa shape index (κ2) is 9.40. The van der Waals surface area contributed by atoms with Crippen molar-refractivity contribution < 1.29 is 9.18 Å². The maximum absolute atomic E-state index is 13.7. The zero-order valence-electron chi connectivity index (χ0n) is 19.0. The van der Waals surface area contributed by atoms with Gasteiger partial charge in [0.2, 0.25) is 5.91 Å². The first-order valence-corrected chi connectivity index (χ1v) is 11.8. The van der Waals surface area contributed by atoms with E-state index in [2.05, 4.69) is 29.2 Å². The molecule has 0 radical (unpaired) electrons. The maximum atomic E-state index is 13.7. The molecule has 33 heavy (non-hydrogen) atoms. The number of hydrogen-bond acceptors (Lipinski definition) is 4. The largest absolute Gasteiger partial charge is 0.302 e. The number of carbonyl (C=O) groups excluding carboxylic acids is 1. The van der Waals surface area contributed by atoms with E-state index in [0.29, 0.717) is 25.2 Å². The van der Waals surface area contributed by atoms with Crippen molar-refractivity contribution in [3.05, 3.63) is 88.6 Å². The first kappa shape index (κ1) is 21.7. The van der Waals surface area contributed by atoms with Crippen molar-refractivity contribution in [2.45, 2.75) is 45.1 Å². The molecule has 3 heterocycles. The van der Waals surface area contributed by atoms with Crippen molar-refractivity contribution >= 4 is 11.7 Å². The molecule has 1 amide bonds. The molecule has 1 saturated heterocycles. The quantitative estimate of drug-likeness (QED) is 0.564. The number of amides is 1. The third-order valence-corrected chi connectivity index (χ3v) is 6.78. The Labute approximate surface area is 194 Å². The molecule has 2 aromatic carbocycles. The van der Waals surface area contributed by atoms with Gasteiger partial charge < -0.3 is 4.90 Å². The lowest BCUT2D eigenvalue weighted by Crippen LogP contribution is -2.36. The van der Waals surface area contributed by atoms with Gasteiger partial charge in [-0.2, -0.15) is 0 Å². The molecule has 2 aliphatic rings. The molecule has 3 aromatic rings. The van der Waals surface area contributed by atoms with Crippen molar-refractivity contribution in [2.75, 3.05) is 24.5 Å². The molecule has 6 heteroatoms. The lowest BCUT2D eigenvalue weighted by molar-refractivity contribution is -0.119. The summed E-state index contributed by atoms with van der Waals surface area (Å²) < 4.78 is 13.7. The van der Waals surface area contributed by atoms with Gasteiger partial charge in [0.15, 0.2) is 0 Å². The van der Waals surface area contributed by atoms with Crippen LogP contribution in [-0.4, -0.2) is 40.4 Å². The minimum absolute atomic E-state index is 0.0340. The second-order valence-corrected chi connectivity index (χ2v) is 9.10. The van der Waals surface area contributed by atoms with E-state index in [9.17, 15) is 9.18 Å². The number of fused-ring (bicyclic) bond motifs is 1. The summed E-state index contributed by atoms with van der Waals surface area (Å²) in [6.07, 6.45) is 3.15. The van der Waals surface area contributed by atoms with Crippen molar-refractivity contribution in [3.8, 4) is 0 Å². The van der Waals surface area contributed by atoms with Gasteiger partial charge in [0.1, 0.15) is 17.5 Å². The molecule has 170 valence electrons. The summed E-state index contributed by atoms with van der Waals surface area (Å²) in [4.78, 5) is 26.8. The Bertz CT molecular complexity index is 1150. The molecule has 1 fully saturated rings. The highest BCUT2D eigenvalue weighted by Gasteiger charge is 2.31. The standard InChI is InChI=1S/C27H29FN4O/c1-19-24-10-11-25(33)32(17-21-8-5-9-23(28)16-21)27(24)30-26(29-19)22-13-15-31(18-22)14-12-20-6-3-2-4-7-20/h2-9,16,22H,10-15,17-18H2,1H3. The summed E-state index contributed by atoms with van der Waals surface area (Å²) in [5, 5.41) is 0. The fraction of sp³-hybridized carbons (Fsp3) is 0.370. The van der Waals surface area contributed by atoms with Gasteiger partial charge in [-0.3, -0.25) is 9.69 Å². The summed E-state index contributed by atoms with van der Waals surface area (Å²) in [7, 11) is 0. The van der Waals surface area contributed by atoms with Crippen LogP contribution >= 0.6 is 0 Å². The van der Waals surface area contributed by atoms with Gasteiger partial charge >= 0.3 is 0 Å². The smallest absolute Gasteiger partial charge is 0.228 e. The summed E-state index contributed by atoms with van der Waals surface area (Å²) in [6.45, 7) is 5.33. The Morgan fingerprint density at radius 3 is 2.67 bits per heavy atom. The van der Waals surface area contributed by atoms with Crippen LogP contribution in [0.4, 0.5) is 10.2 Å². The van der Waals surface area contributed by atoms with E-state index < -0.39 is 0 Å². The number of benzene rings is 2. The van der Waals surface area contributed by atoms with Gasteiger partial charge in [-0.1, -0.05) is 42.5 Å². The Kier molecular flexibility index (Phi) is 6.18. The van der Waals surface area contributed by atoms with Crippen LogP contribution in [-0.2, 0) is 24.2 Å². The Morgan fingerprint density at radius 1 is 1.03 bits per heavy atom. The van der Waals surface area contributed by atoms with E-state index in [-0.39, 0.29) is 17.6 Å². The van der Waals surface area contributed by atoms with Crippen LogP contribution in [0.25, 0.3) is 0 Å². The molecule has 1 unspecified atom stereocenters. The first-order chi connectivity index (χ1) is 16.1. The average molecular weight is 445 g/mol. The van der Waals surface area contributed by atoms with E-state index in [1.165, 1.54) is 17.7 Å². The van der Waals surface area contributed by atoms with Crippen LogP contribution in [0.1, 0.15) is 47.0 Å². The predicted molar refractivity (Wildman–Crippen MR) is 127 cm³/mol. The van der Waals surface area contributed by atoms with Crippen LogP contribution in [0.2, 0.25) is 0 Å². The molecule has 1 atom stereocenters. The maximum Gasteiger partial charge on any atom is 0.228 e. The van der Waals surface area contributed by atoms with Gasteiger partial charge in [0.25, 0.3) is 0 Å². The average Bonchev–Trinajstić information content (AvgIpc) is 3.29. The fourth-order valence-electron chi connectivity index (χ4n) is 4.94. The molecular formula is C27H29FN4O. The minimum Gasteiger partial charge on any atom is -0.302 e. The highest BCUT2D eigenvalue weighted by atomic mass is 19.1. The van der Waals surface area contributed by atoms with Gasteiger partial charge in [0.05, 0.1) is 6.54 Å².